The lowest BCUT2D eigenvalue weighted by Crippen LogP contribution is -2.18. The van der Waals surface area contributed by atoms with Gasteiger partial charge in [0.15, 0.2) is 0 Å². The number of rotatable bonds is 4. The lowest BCUT2D eigenvalue weighted by atomic mass is 10.2. The second-order valence-corrected chi connectivity index (χ2v) is 3.68. The van der Waals surface area contributed by atoms with Crippen LogP contribution in [0.4, 0.5) is 5.95 Å². The first-order valence-corrected chi connectivity index (χ1v) is 5.26. The highest BCUT2D eigenvalue weighted by Gasteiger charge is 2.04. The van der Waals surface area contributed by atoms with Crippen molar-refractivity contribution in [2.24, 2.45) is 0 Å². The molecule has 0 saturated carbocycles. The van der Waals surface area contributed by atoms with Gasteiger partial charge in [0.2, 0.25) is 5.95 Å². The molecule has 1 unspecified atom stereocenters. The predicted molar refractivity (Wildman–Crippen MR) is 62.1 cm³/mol. The molecule has 0 amide bonds. The zero-order chi connectivity index (χ0) is 11.4. The number of para-hydroxylation sites is 1. The number of aromatic nitrogens is 3. The van der Waals surface area contributed by atoms with Crippen LogP contribution < -0.4 is 5.32 Å². The molecule has 1 atom stereocenters. The Morgan fingerprint density at radius 2 is 2.00 bits per heavy atom. The van der Waals surface area contributed by atoms with E-state index in [0.717, 1.165) is 11.0 Å². The minimum atomic E-state index is 0.132. The Morgan fingerprint density at radius 3 is 2.75 bits per heavy atom. The monoisotopic (exact) mass is 218 g/mol. The van der Waals surface area contributed by atoms with Crippen LogP contribution in [0.3, 0.4) is 0 Å². The van der Waals surface area contributed by atoms with E-state index in [1.54, 1.807) is 0 Å². The molecule has 16 heavy (non-hydrogen) atoms. The van der Waals surface area contributed by atoms with Crippen LogP contribution in [0, 0.1) is 0 Å². The Labute approximate surface area is 93.5 Å². The third-order valence-electron chi connectivity index (χ3n) is 2.30. The largest absolute Gasteiger partial charge is 0.396 e. The average molecular weight is 218 g/mol. The Kier molecular flexibility index (Phi) is 3.26. The summed E-state index contributed by atoms with van der Waals surface area (Å²) < 4.78 is 0. The molecule has 2 aromatic rings. The molecule has 0 radical (unpaired) electrons. The number of nitrogens with one attached hydrogen (secondary N) is 1. The van der Waals surface area contributed by atoms with Crippen molar-refractivity contribution >= 4 is 17.0 Å². The summed E-state index contributed by atoms with van der Waals surface area (Å²) in [6.07, 6.45) is 0.663. The SMILES string of the molecule is CC(CCO)Nc1nnc2ccccc2n1. The van der Waals surface area contributed by atoms with E-state index in [1.807, 2.05) is 31.2 Å². The minimum Gasteiger partial charge on any atom is -0.396 e. The zero-order valence-corrected chi connectivity index (χ0v) is 9.09. The highest BCUT2D eigenvalue weighted by atomic mass is 16.3. The molecule has 0 aliphatic rings. The normalized spacial score (nSPS) is 12.6. The molecule has 2 N–H and O–H groups in total. The first-order valence-electron chi connectivity index (χ1n) is 5.26. The van der Waals surface area contributed by atoms with Crippen LogP contribution >= 0.6 is 0 Å². The van der Waals surface area contributed by atoms with Crippen molar-refractivity contribution in [2.75, 3.05) is 11.9 Å². The summed E-state index contributed by atoms with van der Waals surface area (Å²) in [6, 6.07) is 7.72. The van der Waals surface area contributed by atoms with E-state index >= 15 is 0 Å². The molecular formula is C11H14N4O. The van der Waals surface area contributed by atoms with Crippen molar-refractivity contribution in [3.8, 4) is 0 Å². The van der Waals surface area contributed by atoms with Crippen molar-refractivity contribution in [3.05, 3.63) is 24.3 Å². The van der Waals surface area contributed by atoms with E-state index in [-0.39, 0.29) is 12.6 Å². The number of benzene rings is 1. The number of nitrogens with zero attached hydrogens (tertiary/aromatic N) is 3. The molecule has 2 rings (SSSR count). The Balaban J connectivity index is 2.19. The lowest BCUT2D eigenvalue weighted by molar-refractivity contribution is 0.282. The van der Waals surface area contributed by atoms with E-state index < -0.39 is 0 Å². The van der Waals surface area contributed by atoms with Gasteiger partial charge in [0.25, 0.3) is 0 Å². The number of hydrogen-bond donors (Lipinski definition) is 2. The number of aliphatic hydroxyl groups is 1. The summed E-state index contributed by atoms with van der Waals surface area (Å²) in [7, 11) is 0. The maximum Gasteiger partial charge on any atom is 0.243 e. The van der Waals surface area contributed by atoms with Crippen molar-refractivity contribution < 1.29 is 5.11 Å². The van der Waals surface area contributed by atoms with Crippen LogP contribution in [0.5, 0.6) is 0 Å². The van der Waals surface area contributed by atoms with Gasteiger partial charge >= 0.3 is 0 Å². The summed E-state index contributed by atoms with van der Waals surface area (Å²) in [6.45, 7) is 2.12. The summed E-state index contributed by atoms with van der Waals surface area (Å²) >= 11 is 0. The van der Waals surface area contributed by atoms with Crippen LogP contribution in [0.25, 0.3) is 11.0 Å². The summed E-state index contributed by atoms with van der Waals surface area (Å²) in [5.41, 5.74) is 1.60. The number of hydrogen-bond acceptors (Lipinski definition) is 5. The Hall–Kier alpha value is -1.75. The van der Waals surface area contributed by atoms with Gasteiger partial charge in [0.05, 0.1) is 5.52 Å². The lowest BCUT2D eigenvalue weighted by Gasteiger charge is -2.11. The first-order chi connectivity index (χ1) is 7.79. The molecule has 84 valence electrons. The number of aliphatic hydroxyl groups excluding tert-OH is 1. The van der Waals surface area contributed by atoms with Gasteiger partial charge in [0.1, 0.15) is 5.52 Å². The van der Waals surface area contributed by atoms with Crippen LogP contribution in [0.1, 0.15) is 13.3 Å². The Morgan fingerprint density at radius 1 is 1.25 bits per heavy atom. The summed E-state index contributed by atoms with van der Waals surface area (Å²) in [4.78, 5) is 4.33. The molecule has 1 heterocycles. The fourth-order valence-electron chi connectivity index (χ4n) is 1.43. The summed E-state index contributed by atoms with van der Waals surface area (Å²) in [5, 5.41) is 19.9. The maximum absolute atomic E-state index is 8.79. The topological polar surface area (TPSA) is 70.9 Å². The predicted octanol–water partition coefficient (Wildman–Crippen LogP) is 1.21. The van der Waals surface area contributed by atoms with Gasteiger partial charge in [-0.15, -0.1) is 10.2 Å². The van der Waals surface area contributed by atoms with Crippen LogP contribution in [0.2, 0.25) is 0 Å². The molecule has 5 nitrogen and oxygen atoms in total. The fourth-order valence-corrected chi connectivity index (χ4v) is 1.43. The minimum absolute atomic E-state index is 0.132. The van der Waals surface area contributed by atoms with Gasteiger partial charge in [-0.25, -0.2) is 4.98 Å². The smallest absolute Gasteiger partial charge is 0.243 e. The van der Waals surface area contributed by atoms with Gasteiger partial charge in [-0.05, 0) is 25.5 Å². The molecule has 1 aromatic carbocycles. The van der Waals surface area contributed by atoms with E-state index in [4.69, 9.17) is 5.11 Å². The maximum atomic E-state index is 8.79. The standard InChI is InChI=1S/C11H14N4O/c1-8(6-7-16)12-11-13-9-4-2-3-5-10(9)14-15-11/h2-5,8,16H,6-7H2,1H3,(H,12,13,15). The van der Waals surface area contributed by atoms with Gasteiger partial charge < -0.3 is 10.4 Å². The van der Waals surface area contributed by atoms with E-state index in [1.165, 1.54) is 0 Å². The molecule has 0 bridgehead atoms. The van der Waals surface area contributed by atoms with Crippen LogP contribution in [0.15, 0.2) is 24.3 Å². The third kappa shape index (κ3) is 2.43. The second-order valence-electron chi connectivity index (χ2n) is 3.68. The molecule has 0 spiro atoms. The molecule has 0 fully saturated rings. The first kappa shape index (κ1) is 10.8. The Bertz CT molecular complexity index is 474. The van der Waals surface area contributed by atoms with E-state index in [9.17, 15) is 0 Å². The van der Waals surface area contributed by atoms with Gasteiger partial charge in [-0.2, -0.15) is 0 Å². The number of fused-ring (bicyclic) bond motifs is 1. The molecule has 0 aliphatic heterocycles. The zero-order valence-electron chi connectivity index (χ0n) is 9.09. The van der Waals surface area contributed by atoms with Crippen molar-refractivity contribution in [2.45, 2.75) is 19.4 Å². The van der Waals surface area contributed by atoms with Crippen LogP contribution in [-0.2, 0) is 0 Å². The van der Waals surface area contributed by atoms with Crippen molar-refractivity contribution in [3.63, 3.8) is 0 Å². The highest BCUT2D eigenvalue weighted by molar-refractivity contribution is 5.74. The van der Waals surface area contributed by atoms with Gasteiger partial charge in [-0.1, -0.05) is 12.1 Å². The molecule has 0 aliphatic carbocycles. The van der Waals surface area contributed by atoms with Gasteiger partial charge in [0, 0.05) is 12.6 Å². The van der Waals surface area contributed by atoms with Crippen molar-refractivity contribution in [1.82, 2.24) is 15.2 Å². The molecular weight excluding hydrogens is 204 g/mol. The second kappa shape index (κ2) is 4.85. The fraction of sp³-hybridized carbons (Fsp3) is 0.364. The third-order valence-corrected chi connectivity index (χ3v) is 2.30. The van der Waals surface area contributed by atoms with Crippen molar-refractivity contribution in [1.29, 1.82) is 0 Å². The summed E-state index contributed by atoms with van der Waals surface area (Å²) in [5.74, 6) is 0.500. The van der Waals surface area contributed by atoms with E-state index in [0.29, 0.717) is 12.4 Å². The van der Waals surface area contributed by atoms with Gasteiger partial charge in [-0.3, -0.25) is 0 Å². The van der Waals surface area contributed by atoms with E-state index in [2.05, 4.69) is 20.5 Å². The quantitative estimate of drug-likeness (QED) is 0.807. The highest BCUT2D eigenvalue weighted by Crippen LogP contribution is 2.09. The number of anilines is 1. The molecule has 1 aromatic heterocycles. The molecule has 0 saturated heterocycles. The average Bonchev–Trinajstić information content (AvgIpc) is 2.29. The molecule has 5 heteroatoms. The van der Waals surface area contributed by atoms with Crippen LogP contribution in [-0.4, -0.2) is 32.9 Å².